The van der Waals surface area contributed by atoms with Crippen molar-refractivity contribution in [3.63, 3.8) is 0 Å². The highest BCUT2D eigenvalue weighted by Crippen LogP contribution is 2.11. The maximum atomic E-state index is 13.7. The van der Waals surface area contributed by atoms with Gasteiger partial charge < -0.3 is 10.1 Å². The van der Waals surface area contributed by atoms with Crippen molar-refractivity contribution in [2.45, 2.75) is 33.4 Å². The molecule has 0 saturated heterocycles. The van der Waals surface area contributed by atoms with E-state index in [1.165, 1.54) is 6.07 Å². The maximum absolute atomic E-state index is 13.7. The van der Waals surface area contributed by atoms with Crippen molar-refractivity contribution in [1.29, 1.82) is 5.26 Å². The Balaban J connectivity index is 2.61. The van der Waals surface area contributed by atoms with Crippen LogP contribution in [0.3, 0.4) is 0 Å². The van der Waals surface area contributed by atoms with Gasteiger partial charge in [0, 0.05) is 24.8 Å². The highest BCUT2D eigenvalue weighted by atomic mass is 19.1. The quantitative estimate of drug-likeness (QED) is 0.823. The molecule has 1 atom stereocenters. The van der Waals surface area contributed by atoms with Gasteiger partial charge in [0.25, 0.3) is 0 Å². The van der Waals surface area contributed by atoms with E-state index in [2.05, 4.69) is 19.2 Å². The van der Waals surface area contributed by atoms with Crippen LogP contribution in [0.5, 0.6) is 0 Å². The zero-order chi connectivity index (χ0) is 14.3. The van der Waals surface area contributed by atoms with Gasteiger partial charge in [-0.05, 0) is 25.0 Å². The Hall–Kier alpha value is -1.44. The molecular formula is C15H21FN2O. The number of hydrogen-bond donors (Lipinski definition) is 1. The lowest BCUT2D eigenvalue weighted by Crippen LogP contribution is -2.37. The van der Waals surface area contributed by atoms with E-state index in [4.69, 9.17) is 10.00 Å². The topological polar surface area (TPSA) is 45.0 Å². The number of nitrogens with one attached hydrogen (secondary N) is 1. The zero-order valence-electron chi connectivity index (χ0n) is 11.7. The van der Waals surface area contributed by atoms with E-state index in [0.717, 1.165) is 0 Å². The van der Waals surface area contributed by atoms with E-state index in [0.29, 0.717) is 36.8 Å². The molecule has 0 aliphatic rings. The van der Waals surface area contributed by atoms with Crippen molar-refractivity contribution >= 4 is 0 Å². The third-order valence-corrected chi connectivity index (χ3v) is 3.04. The number of rotatable bonds is 7. The van der Waals surface area contributed by atoms with Crippen molar-refractivity contribution in [3.05, 3.63) is 35.1 Å². The van der Waals surface area contributed by atoms with Crippen molar-refractivity contribution in [2.24, 2.45) is 5.92 Å². The first-order chi connectivity index (χ1) is 9.08. The van der Waals surface area contributed by atoms with E-state index < -0.39 is 0 Å². The van der Waals surface area contributed by atoms with Crippen LogP contribution >= 0.6 is 0 Å². The van der Waals surface area contributed by atoms with Gasteiger partial charge in [0.15, 0.2) is 0 Å². The van der Waals surface area contributed by atoms with Crippen molar-refractivity contribution < 1.29 is 9.13 Å². The minimum atomic E-state index is -0.342. The van der Waals surface area contributed by atoms with Crippen molar-refractivity contribution in [1.82, 2.24) is 5.32 Å². The number of ether oxygens (including phenoxy) is 1. The molecule has 3 nitrogen and oxygen atoms in total. The van der Waals surface area contributed by atoms with Crippen LogP contribution in [0.15, 0.2) is 18.2 Å². The van der Waals surface area contributed by atoms with E-state index in [-0.39, 0.29) is 11.9 Å². The first kappa shape index (κ1) is 15.6. The van der Waals surface area contributed by atoms with Crippen LogP contribution in [0.1, 0.15) is 31.9 Å². The van der Waals surface area contributed by atoms with Gasteiger partial charge in [-0.25, -0.2) is 4.39 Å². The highest BCUT2D eigenvalue weighted by molar-refractivity contribution is 5.32. The normalized spacial score (nSPS) is 12.4. The van der Waals surface area contributed by atoms with Crippen LogP contribution in [-0.4, -0.2) is 19.3 Å². The second-order valence-electron chi connectivity index (χ2n) is 4.81. The Morgan fingerprint density at radius 2 is 2.16 bits per heavy atom. The molecule has 0 spiro atoms. The predicted molar refractivity (Wildman–Crippen MR) is 73.1 cm³/mol. The first-order valence-electron chi connectivity index (χ1n) is 6.58. The minimum Gasteiger partial charge on any atom is -0.380 e. The molecule has 0 amide bonds. The van der Waals surface area contributed by atoms with Crippen LogP contribution < -0.4 is 5.32 Å². The van der Waals surface area contributed by atoms with Gasteiger partial charge in [-0.1, -0.05) is 19.9 Å². The lowest BCUT2D eigenvalue weighted by atomic mass is 10.0. The fourth-order valence-corrected chi connectivity index (χ4v) is 1.73. The summed E-state index contributed by atoms with van der Waals surface area (Å²) in [6.45, 7) is 7.89. The Labute approximate surface area is 114 Å². The summed E-state index contributed by atoms with van der Waals surface area (Å²) in [6, 6.07) is 6.67. The Kier molecular flexibility index (Phi) is 6.48. The van der Waals surface area contributed by atoms with Gasteiger partial charge in [-0.2, -0.15) is 5.26 Å². The summed E-state index contributed by atoms with van der Waals surface area (Å²) in [4.78, 5) is 0. The summed E-state index contributed by atoms with van der Waals surface area (Å²) in [7, 11) is 0. The van der Waals surface area contributed by atoms with Crippen LogP contribution in [0, 0.1) is 23.1 Å². The summed E-state index contributed by atoms with van der Waals surface area (Å²) < 4.78 is 19.1. The predicted octanol–water partition coefficient (Wildman–Crippen LogP) is 2.85. The minimum absolute atomic E-state index is 0.190. The molecule has 0 aliphatic carbocycles. The standard InChI is InChI=1S/C15H21FN2O/c1-4-19-10-15(11(2)3)18-9-13-6-5-12(8-17)7-14(13)16/h5-7,11,15,18H,4,9-10H2,1-3H3. The molecular weight excluding hydrogens is 243 g/mol. The molecule has 1 unspecified atom stereocenters. The number of halogens is 1. The van der Waals surface area contributed by atoms with Crippen LogP contribution in [-0.2, 0) is 11.3 Å². The van der Waals surface area contributed by atoms with Gasteiger partial charge >= 0.3 is 0 Å². The molecule has 1 rings (SSSR count). The van der Waals surface area contributed by atoms with E-state index in [1.807, 2.05) is 13.0 Å². The van der Waals surface area contributed by atoms with Crippen LogP contribution in [0.2, 0.25) is 0 Å². The van der Waals surface area contributed by atoms with E-state index in [9.17, 15) is 4.39 Å². The molecule has 0 saturated carbocycles. The van der Waals surface area contributed by atoms with E-state index >= 15 is 0 Å². The number of benzene rings is 1. The SMILES string of the molecule is CCOCC(NCc1ccc(C#N)cc1F)C(C)C. The Morgan fingerprint density at radius 1 is 1.42 bits per heavy atom. The monoisotopic (exact) mass is 264 g/mol. The average molecular weight is 264 g/mol. The van der Waals surface area contributed by atoms with Gasteiger partial charge in [0.2, 0.25) is 0 Å². The van der Waals surface area contributed by atoms with Gasteiger partial charge in [0.1, 0.15) is 5.82 Å². The zero-order valence-corrected chi connectivity index (χ0v) is 11.7. The summed E-state index contributed by atoms with van der Waals surface area (Å²) in [5, 5.41) is 12.0. The summed E-state index contributed by atoms with van der Waals surface area (Å²) in [5.41, 5.74) is 0.914. The molecule has 1 aromatic rings. The Bertz CT molecular complexity index is 440. The molecule has 1 N–H and O–H groups in total. The van der Waals surface area contributed by atoms with Crippen molar-refractivity contribution in [2.75, 3.05) is 13.2 Å². The van der Waals surface area contributed by atoms with Crippen molar-refractivity contribution in [3.8, 4) is 6.07 Å². The maximum Gasteiger partial charge on any atom is 0.129 e. The molecule has 0 fully saturated rings. The molecule has 0 heterocycles. The highest BCUT2D eigenvalue weighted by Gasteiger charge is 2.13. The number of hydrogen-bond acceptors (Lipinski definition) is 3. The molecule has 4 heteroatoms. The lowest BCUT2D eigenvalue weighted by molar-refractivity contribution is 0.107. The molecule has 1 aromatic carbocycles. The third-order valence-electron chi connectivity index (χ3n) is 3.04. The largest absolute Gasteiger partial charge is 0.380 e. The molecule has 0 aliphatic heterocycles. The lowest BCUT2D eigenvalue weighted by Gasteiger charge is -2.22. The molecule has 0 bridgehead atoms. The van der Waals surface area contributed by atoms with Crippen LogP contribution in [0.4, 0.5) is 4.39 Å². The first-order valence-corrected chi connectivity index (χ1v) is 6.58. The second-order valence-corrected chi connectivity index (χ2v) is 4.81. The van der Waals surface area contributed by atoms with Crippen LogP contribution in [0.25, 0.3) is 0 Å². The smallest absolute Gasteiger partial charge is 0.129 e. The molecule has 0 aromatic heterocycles. The summed E-state index contributed by atoms with van der Waals surface area (Å²) in [6.07, 6.45) is 0. The fraction of sp³-hybridized carbons (Fsp3) is 0.533. The summed E-state index contributed by atoms with van der Waals surface area (Å²) in [5.74, 6) is 0.0680. The van der Waals surface area contributed by atoms with E-state index in [1.54, 1.807) is 12.1 Å². The molecule has 19 heavy (non-hydrogen) atoms. The number of nitriles is 1. The Morgan fingerprint density at radius 3 is 2.68 bits per heavy atom. The molecule has 0 radical (unpaired) electrons. The van der Waals surface area contributed by atoms with Gasteiger partial charge in [-0.15, -0.1) is 0 Å². The molecule has 104 valence electrons. The third kappa shape index (κ3) is 4.98. The van der Waals surface area contributed by atoms with Gasteiger partial charge in [0.05, 0.1) is 18.2 Å². The average Bonchev–Trinajstić information content (AvgIpc) is 2.39. The number of nitrogens with zero attached hydrogens (tertiary/aromatic N) is 1. The fourth-order valence-electron chi connectivity index (χ4n) is 1.73. The van der Waals surface area contributed by atoms with Gasteiger partial charge in [-0.3, -0.25) is 0 Å². The summed E-state index contributed by atoms with van der Waals surface area (Å²) >= 11 is 0. The second kappa shape index (κ2) is 7.88.